The first-order valence-electron chi connectivity index (χ1n) is 5.67. The van der Waals surface area contributed by atoms with Crippen LogP contribution in [0.25, 0.3) is 0 Å². The lowest BCUT2D eigenvalue weighted by Crippen LogP contribution is -2.21. The van der Waals surface area contributed by atoms with Crippen LogP contribution in [0.3, 0.4) is 0 Å². The maximum Gasteiger partial charge on any atom is 0.339 e. The molecule has 0 aliphatic carbocycles. The molecule has 2 N–H and O–H groups in total. The maximum absolute atomic E-state index is 11.9. The molecule has 1 rings (SSSR count). The number of thiophene rings is 1. The lowest BCUT2D eigenvalue weighted by molar-refractivity contribution is 0.00437. The molecule has 1 aromatic heterocycles. The van der Waals surface area contributed by atoms with E-state index in [2.05, 4.69) is 0 Å². The Balaban J connectivity index is 2.82. The van der Waals surface area contributed by atoms with Gasteiger partial charge in [0.1, 0.15) is 10.3 Å². The Kier molecular flexibility index (Phi) is 5.48. The van der Waals surface area contributed by atoms with Crippen molar-refractivity contribution in [1.82, 2.24) is 0 Å². The molecule has 0 amide bonds. The van der Waals surface area contributed by atoms with Gasteiger partial charge in [0.05, 0.1) is 12.2 Å². The normalized spacial score (nSPS) is 13.3. The summed E-state index contributed by atoms with van der Waals surface area (Å²) in [5.74, 6) is -0.573. The van der Waals surface area contributed by atoms with Crippen LogP contribution in [0.4, 0.5) is 0 Å². The molecule has 0 saturated heterocycles. The van der Waals surface area contributed by atoms with Crippen molar-refractivity contribution in [1.29, 1.82) is 0 Å². The highest BCUT2D eigenvalue weighted by Gasteiger charge is 2.22. The average molecular weight is 307 g/mol. The SMILES string of the molecule is CCOCC(C)OC(=O)c1csc(S(N)(=O)=O)c1C. The fourth-order valence-corrected chi connectivity index (χ4v) is 3.45. The molecule has 0 spiro atoms. The molecule has 1 unspecified atom stereocenters. The van der Waals surface area contributed by atoms with Gasteiger partial charge in [0.15, 0.2) is 0 Å². The predicted octanol–water partition coefficient (Wildman–Crippen LogP) is 1.29. The molecule has 108 valence electrons. The van der Waals surface area contributed by atoms with E-state index in [1.54, 1.807) is 6.92 Å². The second-order valence-electron chi connectivity index (χ2n) is 3.98. The lowest BCUT2D eigenvalue weighted by Gasteiger charge is -2.12. The van der Waals surface area contributed by atoms with E-state index < -0.39 is 22.1 Å². The molecular weight excluding hydrogens is 290 g/mol. The molecule has 0 bridgehead atoms. The first-order valence-corrected chi connectivity index (χ1v) is 8.09. The van der Waals surface area contributed by atoms with Crippen LogP contribution in [0.2, 0.25) is 0 Å². The molecule has 1 atom stereocenters. The minimum absolute atomic E-state index is 0.0167. The van der Waals surface area contributed by atoms with Crippen LogP contribution in [0, 0.1) is 6.92 Å². The zero-order valence-electron chi connectivity index (χ0n) is 11.0. The lowest BCUT2D eigenvalue weighted by atomic mass is 10.2. The molecule has 8 heteroatoms. The van der Waals surface area contributed by atoms with Gasteiger partial charge in [0.25, 0.3) is 0 Å². The van der Waals surface area contributed by atoms with Gasteiger partial charge in [-0.3, -0.25) is 0 Å². The second-order valence-corrected chi connectivity index (χ2v) is 6.62. The van der Waals surface area contributed by atoms with E-state index in [0.717, 1.165) is 11.3 Å². The fraction of sp³-hybridized carbons (Fsp3) is 0.545. The van der Waals surface area contributed by atoms with E-state index in [-0.39, 0.29) is 9.77 Å². The number of rotatable bonds is 6. The molecule has 0 saturated carbocycles. The van der Waals surface area contributed by atoms with Gasteiger partial charge >= 0.3 is 5.97 Å². The molecule has 0 aliphatic rings. The van der Waals surface area contributed by atoms with Gasteiger partial charge in [0, 0.05) is 12.0 Å². The monoisotopic (exact) mass is 307 g/mol. The number of hydrogen-bond donors (Lipinski definition) is 1. The van der Waals surface area contributed by atoms with Crippen molar-refractivity contribution in [2.24, 2.45) is 5.14 Å². The van der Waals surface area contributed by atoms with E-state index in [9.17, 15) is 13.2 Å². The highest BCUT2D eigenvalue weighted by Crippen LogP contribution is 2.26. The molecule has 19 heavy (non-hydrogen) atoms. The minimum atomic E-state index is -3.80. The van der Waals surface area contributed by atoms with E-state index in [4.69, 9.17) is 14.6 Å². The van der Waals surface area contributed by atoms with Gasteiger partial charge in [0.2, 0.25) is 10.0 Å². The van der Waals surface area contributed by atoms with Crippen molar-refractivity contribution in [2.75, 3.05) is 13.2 Å². The smallest absolute Gasteiger partial charge is 0.339 e. The van der Waals surface area contributed by atoms with Crippen molar-refractivity contribution in [3.8, 4) is 0 Å². The van der Waals surface area contributed by atoms with Crippen molar-refractivity contribution in [2.45, 2.75) is 31.1 Å². The molecular formula is C11H17NO5S2. The molecule has 0 radical (unpaired) electrons. The van der Waals surface area contributed by atoms with Crippen molar-refractivity contribution in [3.05, 3.63) is 16.5 Å². The highest BCUT2D eigenvalue weighted by molar-refractivity contribution is 7.91. The first kappa shape index (κ1) is 16.1. The Hall–Kier alpha value is -0.960. The summed E-state index contributed by atoms with van der Waals surface area (Å²) in [6.07, 6.45) is -0.398. The fourth-order valence-electron chi connectivity index (χ4n) is 1.44. The average Bonchev–Trinajstić information content (AvgIpc) is 2.68. The Morgan fingerprint density at radius 2 is 2.16 bits per heavy atom. The van der Waals surface area contributed by atoms with E-state index >= 15 is 0 Å². The van der Waals surface area contributed by atoms with Crippen LogP contribution in [-0.2, 0) is 19.5 Å². The Morgan fingerprint density at radius 1 is 1.53 bits per heavy atom. The zero-order chi connectivity index (χ0) is 14.6. The van der Waals surface area contributed by atoms with E-state index in [1.165, 1.54) is 12.3 Å². The number of sulfonamides is 1. The molecule has 0 fully saturated rings. The van der Waals surface area contributed by atoms with Crippen LogP contribution in [0.5, 0.6) is 0 Å². The minimum Gasteiger partial charge on any atom is -0.457 e. The Morgan fingerprint density at radius 3 is 2.63 bits per heavy atom. The molecule has 1 heterocycles. The Bertz CT molecular complexity index is 549. The number of carbonyl (C=O) groups is 1. The van der Waals surface area contributed by atoms with E-state index in [1.807, 2.05) is 6.92 Å². The number of nitrogens with two attached hydrogens (primary N) is 1. The Labute approximate surface area is 116 Å². The van der Waals surface area contributed by atoms with Gasteiger partial charge in [-0.15, -0.1) is 11.3 Å². The number of esters is 1. The van der Waals surface area contributed by atoms with Crippen LogP contribution < -0.4 is 5.14 Å². The van der Waals surface area contributed by atoms with Crippen LogP contribution in [-0.4, -0.2) is 33.7 Å². The van der Waals surface area contributed by atoms with Gasteiger partial charge < -0.3 is 9.47 Å². The third-order valence-electron chi connectivity index (χ3n) is 2.34. The quantitative estimate of drug-likeness (QED) is 0.799. The largest absolute Gasteiger partial charge is 0.457 e. The summed E-state index contributed by atoms with van der Waals surface area (Å²) in [6.45, 7) is 5.91. The van der Waals surface area contributed by atoms with Gasteiger partial charge in [-0.1, -0.05) is 0 Å². The number of ether oxygens (including phenoxy) is 2. The summed E-state index contributed by atoms with van der Waals surface area (Å²) in [4.78, 5) is 11.9. The van der Waals surface area contributed by atoms with Crippen molar-refractivity contribution in [3.63, 3.8) is 0 Å². The maximum atomic E-state index is 11.9. The summed E-state index contributed by atoms with van der Waals surface area (Å²) < 4.78 is 32.8. The molecule has 6 nitrogen and oxygen atoms in total. The third-order valence-corrected chi connectivity index (χ3v) is 5.02. The van der Waals surface area contributed by atoms with E-state index in [0.29, 0.717) is 18.8 Å². The zero-order valence-corrected chi connectivity index (χ0v) is 12.6. The predicted molar refractivity (Wildman–Crippen MR) is 71.8 cm³/mol. The topological polar surface area (TPSA) is 95.7 Å². The molecule has 0 aliphatic heterocycles. The van der Waals surface area contributed by atoms with Crippen LogP contribution >= 0.6 is 11.3 Å². The van der Waals surface area contributed by atoms with Crippen LogP contribution in [0.15, 0.2) is 9.59 Å². The summed E-state index contributed by atoms with van der Waals surface area (Å²) in [5, 5.41) is 6.48. The van der Waals surface area contributed by atoms with Gasteiger partial charge in [-0.05, 0) is 26.3 Å². The van der Waals surface area contributed by atoms with Gasteiger partial charge in [-0.2, -0.15) is 0 Å². The number of primary sulfonamides is 1. The summed E-state index contributed by atoms with van der Waals surface area (Å²) in [5.41, 5.74) is 0.540. The summed E-state index contributed by atoms with van der Waals surface area (Å²) in [6, 6.07) is 0. The number of carbonyl (C=O) groups excluding carboxylic acids is 1. The summed E-state index contributed by atoms with van der Waals surface area (Å²) >= 11 is 0.911. The van der Waals surface area contributed by atoms with Crippen molar-refractivity contribution < 1.29 is 22.7 Å². The van der Waals surface area contributed by atoms with Crippen molar-refractivity contribution >= 4 is 27.3 Å². The van der Waals surface area contributed by atoms with Gasteiger partial charge in [-0.25, -0.2) is 18.4 Å². The number of hydrogen-bond acceptors (Lipinski definition) is 6. The first-order chi connectivity index (χ1) is 8.77. The molecule has 0 aromatic carbocycles. The summed E-state index contributed by atoms with van der Waals surface area (Å²) in [7, 11) is -3.80. The second kappa shape index (κ2) is 6.47. The van der Waals surface area contributed by atoms with Crippen LogP contribution in [0.1, 0.15) is 29.8 Å². The third kappa shape index (κ3) is 4.27. The molecule has 1 aromatic rings. The highest BCUT2D eigenvalue weighted by atomic mass is 32.2. The standard InChI is InChI=1S/C11H17NO5S2/c1-4-16-5-7(2)17-10(13)9-6-18-11(8(9)3)19(12,14)15/h6-7H,4-5H2,1-3H3,(H2,12,14,15).